The molecule has 2 rings (SSSR count). The van der Waals surface area contributed by atoms with Crippen LogP contribution in [-0.4, -0.2) is 10.2 Å². The third-order valence-corrected chi connectivity index (χ3v) is 4.44. The second-order valence-electron chi connectivity index (χ2n) is 7.30. The fourth-order valence-electron chi connectivity index (χ4n) is 3.03. The summed E-state index contributed by atoms with van der Waals surface area (Å²) in [5.41, 5.74) is 1.34. The molecule has 0 heterocycles. The third kappa shape index (κ3) is 3.62. The van der Waals surface area contributed by atoms with E-state index >= 15 is 0 Å². The van der Waals surface area contributed by atoms with Gasteiger partial charge in [0.15, 0.2) is 0 Å². The molecule has 0 atom stereocenters. The summed E-state index contributed by atoms with van der Waals surface area (Å²) < 4.78 is 0. The molecular formula is C18H28O2. The zero-order chi connectivity index (χ0) is 15.0. The molecule has 2 nitrogen and oxygen atoms in total. The molecule has 1 aromatic carbocycles. The summed E-state index contributed by atoms with van der Waals surface area (Å²) in [5.74, 6) is 0.576. The van der Waals surface area contributed by atoms with Gasteiger partial charge in [-0.2, -0.15) is 0 Å². The van der Waals surface area contributed by atoms with Gasteiger partial charge in [0.1, 0.15) is 0 Å². The van der Waals surface area contributed by atoms with Gasteiger partial charge >= 0.3 is 0 Å². The molecule has 0 aliphatic heterocycles. The highest BCUT2D eigenvalue weighted by Crippen LogP contribution is 2.36. The fourth-order valence-corrected chi connectivity index (χ4v) is 3.03. The van der Waals surface area contributed by atoms with Gasteiger partial charge in [0.2, 0.25) is 0 Å². The van der Waals surface area contributed by atoms with Crippen LogP contribution >= 0.6 is 0 Å². The van der Waals surface area contributed by atoms with Crippen LogP contribution < -0.4 is 0 Å². The highest BCUT2D eigenvalue weighted by molar-refractivity contribution is 5.37. The normalized spacial score (nSPS) is 18.3. The lowest BCUT2D eigenvalue weighted by molar-refractivity contribution is 0.0715. The van der Waals surface area contributed by atoms with E-state index in [1.54, 1.807) is 27.7 Å². The summed E-state index contributed by atoms with van der Waals surface area (Å²) in [5, 5.41) is 20.6. The largest absolute Gasteiger partial charge is 0.386 e. The summed E-state index contributed by atoms with van der Waals surface area (Å²) >= 11 is 0. The van der Waals surface area contributed by atoms with Crippen LogP contribution in [-0.2, 0) is 11.2 Å². The highest BCUT2D eigenvalue weighted by atomic mass is 16.3. The van der Waals surface area contributed by atoms with E-state index in [1.807, 2.05) is 6.07 Å². The average molecular weight is 276 g/mol. The second kappa shape index (κ2) is 5.50. The summed E-state index contributed by atoms with van der Waals surface area (Å²) in [7, 11) is 0. The maximum atomic E-state index is 10.3. The topological polar surface area (TPSA) is 40.5 Å². The van der Waals surface area contributed by atoms with Crippen molar-refractivity contribution < 1.29 is 10.2 Å². The first-order valence-electron chi connectivity index (χ1n) is 7.78. The molecule has 1 aliphatic carbocycles. The summed E-state index contributed by atoms with van der Waals surface area (Å²) in [6.07, 6.45) is 6.35. The van der Waals surface area contributed by atoms with Crippen molar-refractivity contribution in [3.63, 3.8) is 0 Å². The van der Waals surface area contributed by atoms with Crippen molar-refractivity contribution in [3.8, 4) is 0 Å². The Kier molecular flexibility index (Phi) is 4.27. The zero-order valence-electron chi connectivity index (χ0n) is 13.2. The van der Waals surface area contributed by atoms with E-state index in [0.717, 1.165) is 11.1 Å². The van der Waals surface area contributed by atoms with Crippen molar-refractivity contribution in [2.75, 3.05) is 0 Å². The quantitative estimate of drug-likeness (QED) is 0.869. The molecule has 0 spiro atoms. The third-order valence-electron chi connectivity index (χ3n) is 4.44. The van der Waals surface area contributed by atoms with Gasteiger partial charge in [-0.25, -0.2) is 0 Å². The van der Waals surface area contributed by atoms with E-state index in [9.17, 15) is 10.2 Å². The maximum Gasteiger partial charge on any atom is 0.0840 e. The number of rotatable bonds is 3. The monoisotopic (exact) mass is 276 g/mol. The standard InChI is InChI=1S/C18H28O2/c1-17(2,19)15-10-14(13-8-6-5-7-9-13)11-16(12-15)18(3,4)20/h10-13,19-20H,5-9H2,1-4H3. The van der Waals surface area contributed by atoms with Crippen LogP contribution in [0.25, 0.3) is 0 Å². The van der Waals surface area contributed by atoms with Crippen LogP contribution in [0.2, 0.25) is 0 Å². The molecule has 2 N–H and O–H groups in total. The van der Waals surface area contributed by atoms with Crippen LogP contribution in [0.4, 0.5) is 0 Å². The fraction of sp³-hybridized carbons (Fsp3) is 0.667. The van der Waals surface area contributed by atoms with Gasteiger partial charge in [-0.05, 0) is 63.1 Å². The Balaban J connectivity index is 2.45. The first-order chi connectivity index (χ1) is 9.18. The minimum Gasteiger partial charge on any atom is -0.386 e. The molecule has 1 aliphatic rings. The van der Waals surface area contributed by atoms with Crippen molar-refractivity contribution in [2.45, 2.75) is 76.9 Å². The van der Waals surface area contributed by atoms with Gasteiger partial charge in [-0.3, -0.25) is 0 Å². The Morgan fingerprint density at radius 3 is 1.65 bits per heavy atom. The Bertz CT molecular complexity index is 425. The van der Waals surface area contributed by atoms with E-state index in [-0.39, 0.29) is 0 Å². The van der Waals surface area contributed by atoms with Crippen molar-refractivity contribution in [2.24, 2.45) is 0 Å². The molecule has 0 radical (unpaired) electrons. The molecule has 112 valence electrons. The smallest absolute Gasteiger partial charge is 0.0840 e. The number of aliphatic hydroxyl groups is 2. The first-order valence-corrected chi connectivity index (χ1v) is 7.78. The molecule has 0 saturated heterocycles. The lowest BCUT2D eigenvalue weighted by Crippen LogP contribution is -2.21. The van der Waals surface area contributed by atoms with Gasteiger partial charge in [-0.1, -0.05) is 37.5 Å². The van der Waals surface area contributed by atoms with Crippen molar-refractivity contribution in [3.05, 3.63) is 34.9 Å². The van der Waals surface area contributed by atoms with E-state index in [1.165, 1.54) is 37.7 Å². The van der Waals surface area contributed by atoms with E-state index in [0.29, 0.717) is 5.92 Å². The minimum absolute atomic E-state index is 0.576. The molecule has 0 bridgehead atoms. The predicted octanol–water partition coefficient (Wildman–Crippen LogP) is 4.19. The summed E-state index contributed by atoms with van der Waals surface area (Å²) in [4.78, 5) is 0. The molecule has 2 heteroatoms. The van der Waals surface area contributed by atoms with Crippen LogP contribution in [0, 0.1) is 0 Å². The van der Waals surface area contributed by atoms with Crippen molar-refractivity contribution in [1.29, 1.82) is 0 Å². The van der Waals surface area contributed by atoms with E-state index in [4.69, 9.17) is 0 Å². The molecule has 0 amide bonds. The lowest BCUT2D eigenvalue weighted by atomic mass is 9.80. The van der Waals surface area contributed by atoms with Crippen LogP contribution in [0.15, 0.2) is 18.2 Å². The minimum atomic E-state index is -0.870. The molecule has 1 fully saturated rings. The van der Waals surface area contributed by atoms with Crippen LogP contribution in [0.3, 0.4) is 0 Å². The van der Waals surface area contributed by atoms with Crippen LogP contribution in [0.1, 0.15) is 82.4 Å². The summed E-state index contributed by atoms with van der Waals surface area (Å²) in [6, 6.07) is 6.20. The molecule has 0 unspecified atom stereocenters. The predicted molar refractivity (Wildman–Crippen MR) is 82.8 cm³/mol. The van der Waals surface area contributed by atoms with Crippen LogP contribution in [0.5, 0.6) is 0 Å². The SMILES string of the molecule is CC(C)(O)c1cc(C2CCCCC2)cc(C(C)(C)O)c1. The Labute approximate surface area is 122 Å². The van der Waals surface area contributed by atoms with Gasteiger partial charge in [0.25, 0.3) is 0 Å². The molecule has 1 saturated carbocycles. The molecule has 1 aromatic rings. The first kappa shape index (κ1) is 15.5. The molecule has 20 heavy (non-hydrogen) atoms. The number of hydrogen-bond acceptors (Lipinski definition) is 2. The number of benzene rings is 1. The van der Waals surface area contributed by atoms with Crippen molar-refractivity contribution in [1.82, 2.24) is 0 Å². The molecule has 0 aromatic heterocycles. The Morgan fingerprint density at radius 1 is 0.800 bits per heavy atom. The van der Waals surface area contributed by atoms with Gasteiger partial charge in [0, 0.05) is 0 Å². The average Bonchev–Trinajstić information content (AvgIpc) is 2.37. The Hall–Kier alpha value is -0.860. The van der Waals surface area contributed by atoms with E-state index in [2.05, 4.69) is 12.1 Å². The Morgan fingerprint density at radius 2 is 1.25 bits per heavy atom. The van der Waals surface area contributed by atoms with Gasteiger partial charge < -0.3 is 10.2 Å². The summed E-state index contributed by atoms with van der Waals surface area (Å²) in [6.45, 7) is 7.23. The second-order valence-corrected chi connectivity index (χ2v) is 7.30. The van der Waals surface area contributed by atoms with Crippen molar-refractivity contribution >= 4 is 0 Å². The number of hydrogen-bond donors (Lipinski definition) is 2. The zero-order valence-corrected chi connectivity index (χ0v) is 13.2. The van der Waals surface area contributed by atoms with Gasteiger partial charge in [0.05, 0.1) is 11.2 Å². The maximum absolute atomic E-state index is 10.3. The van der Waals surface area contributed by atoms with Gasteiger partial charge in [-0.15, -0.1) is 0 Å². The van der Waals surface area contributed by atoms with E-state index < -0.39 is 11.2 Å². The molecular weight excluding hydrogens is 248 g/mol. The lowest BCUT2D eigenvalue weighted by Gasteiger charge is -2.28. The highest BCUT2D eigenvalue weighted by Gasteiger charge is 2.25.